The number of nitrogens with two attached hydrogens (primary N) is 1. The van der Waals surface area contributed by atoms with Crippen LogP contribution in [0.25, 0.3) is 0 Å². The lowest BCUT2D eigenvalue weighted by Crippen LogP contribution is -2.27. The van der Waals surface area contributed by atoms with Gasteiger partial charge in [-0.15, -0.1) is 0 Å². The molecule has 0 aromatic heterocycles. The number of hydrogen-bond acceptors (Lipinski definition) is 2. The molecule has 2 nitrogen and oxygen atoms in total. The first-order chi connectivity index (χ1) is 3.84. The van der Waals surface area contributed by atoms with Crippen LogP contribution in [-0.4, -0.2) is 19.3 Å². The zero-order chi connectivity index (χ0) is 5.98. The zero-order valence-corrected chi connectivity index (χ0v) is 5.26. The molecule has 0 bridgehead atoms. The SMILES string of the molecule is CC[C@H]1COC[C@@H]1N. The fourth-order valence-electron chi connectivity index (χ4n) is 1.04. The lowest BCUT2D eigenvalue weighted by molar-refractivity contribution is 0.183. The molecule has 0 aliphatic carbocycles. The van der Waals surface area contributed by atoms with Crippen LogP contribution in [0.4, 0.5) is 0 Å². The minimum absolute atomic E-state index is 0.306. The quantitative estimate of drug-likeness (QED) is 0.536. The van der Waals surface area contributed by atoms with Crippen molar-refractivity contribution in [3.63, 3.8) is 0 Å². The van der Waals surface area contributed by atoms with Crippen molar-refractivity contribution in [1.29, 1.82) is 0 Å². The van der Waals surface area contributed by atoms with E-state index in [9.17, 15) is 0 Å². The second-order valence-corrected chi connectivity index (χ2v) is 2.37. The first-order valence-corrected chi connectivity index (χ1v) is 3.18. The molecule has 0 spiro atoms. The Kier molecular flexibility index (Phi) is 1.86. The van der Waals surface area contributed by atoms with E-state index in [0.717, 1.165) is 19.6 Å². The van der Waals surface area contributed by atoms with Crippen molar-refractivity contribution in [2.75, 3.05) is 13.2 Å². The molecular formula is C6H13NO. The van der Waals surface area contributed by atoms with Gasteiger partial charge < -0.3 is 10.5 Å². The maximum Gasteiger partial charge on any atom is 0.0621 e. The fourth-order valence-corrected chi connectivity index (χ4v) is 1.04. The Morgan fingerprint density at radius 3 is 2.62 bits per heavy atom. The smallest absolute Gasteiger partial charge is 0.0621 e. The summed E-state index contributed by atoms with van der Waals surface area (Å²) in [7, 11) is 0. The van der Waals surface area contributed by atoms with Crippen LogP contribution in [-0.2, 0) is 4.74 Å². The van der Waals surface area contributed by atoms with Gasteiger partial charge in [0.2, 0.25) is 0 Å². The summed E-state index contributed by atoms with van der Waals surface area (Å²) in [5.74, 6) is 0.620. The van der Waals surface area contributed by atoms with Crippen LogP contribution in [0.3, 0.4) is 0 Å². The Bertz CT molecular complexity index is 74.9. The molecule has 2 N–H and O–H groups in total. The molecule has 0 aromatic rings. The predicted molar refractivity (Wildman–Crippen MR) is 32.6 cm³/mol. The number of hydrogen-bond donors (Lipinski definition) is 1. The van der Waals surface area contributed by atoms with Crippen LogP contribution in [0.15, 0.2) is 0 Å². The molecule has 1 rings (SSSR count). The van der Waals surface area contributed by atoms with Gasteiger partial charge in [0.05, 0.1) is 13.2 Å². The molecule has 2 heteroatoms. The summed E-state index contributed by atoms with van der Waals surface area (Å²) in [5.41, 5.74) is 5.66. The van der Waals surface area contributed by atoms with E-state index < -0.39 is 0 Å². The van der Waals surface area contributed by atoms with Crippen molar-refractivity contribution >= 4 is 0 Å². The van der Waals surface area contributed by atoms with Crippen LogP contribution in [0.2, 0.25) is 0 Å². The van der Waals surface area contributed by atoms with E-state index >= 15 is 0 Å². The molecule has 1 aliphatic heterocycles. The van der Waals surface area contributed by atoms with Gasteiger partial charge in [0.1, 0.15) is 0 Å². The Hall–Kier alpha value is -0.0800. The highest BCUT2D eigenvalue weighted by molar-refractivity contribution is 4.75. The average molecular weight is 115 g/mol. The first-order valence-electron chi connectivity index (χ1n) is 3.18. The largest absolute Gasteiger partial charge is 0.379 e. The summed E-state index contributed by atoms with van der Waals surface area (Å²) in [6.45, 7) is 3.79. The maximum atomic E-state index is 5.66. The van der Waals surface area contributed by atoms with Crippen molar-refractivity contribution in [3.8, 4) is 0 Å². The van der Waals surface area contributed by atoms with Crippen LogP contribution in [0.1, 0.15) is 13.3 Å². The van der Waals surface area contributed by atoms with Gasteiger partial charge in [0.15, 0.2) is 0 Å². The van der Waals surface area contributed by atoms with E-state index in [0.29, 0.717) is 12.0 Å². The summed E-state index contributed by atoms with van der Waals surface area (Å²) in [6, 6.07) is 0.306. The Morgan fingerprint density at radius 2 is 2.38 bits per heavy atom. The van der Waals surface area contributed by atoms with Crippen LogP contribution >= 0.6 is 0 Å². The van der Waals surface area contributed by atoms with Gasteiger partial charge in [-0.2, -0.15) is 0 Å². The molecule has 1 aliphatic rings. The van der Waals surface area contributed by atoms with E-state index in [1.807, 2.05) is 0 Å². The van der Waals surface area contributed by atoms with Gasteiger partial charge in [0, 0.05) is 6.04 Å². The molecule has 0 amide bonds. The summed E-state index contributed by atoms with van der Waals surface area (Å²) in [6.07, 6.45) is 1.15. The van der Waals surface area contributed by atoms with Crippen molar-refractivity contribution in [3.05, 3.63) is 0 Å². The van der Waals surface area contributed by atoms with Gasteiger partial charge in [-0.25, -0.2) is 0 Å². The third kappa shape index (κ3) is 1.01. The fraction of sp³-hybridized carbons (Fsp3) is 1.00. The standard InChI is InChI=1S/C6H13NO/c1-2-5-3-8-4-6(5)7/h5-6H,2-4,7H2,1H3/t5-,6-/m0/s1. The average Bonchev–Trinajstić information content (AvgIpc) is 2.14. The molecule has 0 saturated carbocycles. The minimum Gasteiger partial charge on any atom is -0.379 e. The van der Waals surface area contributed by atoms with Crippen LogP contribution in [0, 0.1) is 5.92 Å². The number of ether oxygens (including phenoxy) is 1. The second-order valence-electron chi connectivity index (χ2n) is 2.37. The van der Waals surface area contributed by atoms with Gasteiger partial charge >= 0.3 is 0 Å². The highest BCUT2D eigenvalue weighted by atomic mass is 16.5. The third-order valence-electron chi connectivity index (χ3n) is 1.77. The lowest BCUT2D eigenvalue weighted by Gasteiger charge is -2.07. The van der Waals surface area contributed by atoms with Crippen molar-refractivity contribution in [2.45, 2.75) is 19.4 Å². The monoisotopic (exact) mass is 115 g/mol. The predicted octanol–water partition coefficient (Wildman–Crippen LogP) is 0.370. The minimum atomic E-state index is 0.306. The van der Waals surface area contributed by atoms with Crippen molar-refractivity contribution in [1.82, 2.24) is 0 Å². The normalized spacial score (nSPS) is 38.2. The molecule has 0 unspecified atom stereocenters. The van der Waals surface area contributed by atoms with Gasteiger partial charge in [-0.3, -0.25) is 0 Å². The molecule has 1 saturated heterocycles. The number of rotatable bonds is 1. The van der Waals surface area contributed by atoms with E-state index in [1.54, 1.807) is 0 Å². The summed E-state index contributed by atoms with van der Waals surface area (Å²) < 4.78 is 5.14. The van der Waals surface area contributed by atoms with E-state index in [1.165, 1.54) is 0 Å². The molecular weight excluding hydrogens is 102 g/mol. The maximum absolute atomic E-state index is 5.66. The highest BCUT2D eigenvalue weighted by Gasteiger charge is 2.22. The zero-order valence-electron chi connectivity index (χ0n) is 5.26. The van der Waals surface area contributed by atoms with E-state index in [2.05, 4.69) is 6.92 Å². The molecule has 8 heavy (non-hydrogen) atoms. The lowest BCUT2D eigenvalue weighted by atomic mass is 10.0. The summed E-state index contributed by atoms with van der Waals surface area (Å²) in [5, 5.41) is 0. The van der Waals surface area contributed by atoms with Crippen molar-refractivity contribution in [2.24, 2.45) is 11.7 Å². The van der Waals surface area contributed by atoms with Gasteiger partial charge in [-0.1, -0.05) is 6.92 Å². The topological polar surface area (TPSA) is 35.2 Å². The Balaban J connectivity index is 2.30. The Labute approximate surface area is 50.0 Å². The highest BCUT2D eigenvalue weighted by Crippen LogP contribution is 2.13. The van der Waals surface area contributed by atoms with E-state index in [-0.39, 0.29) is 0 Å². The molecule has 1 heterocycles. The second kappa shape index (κ2) is 2.46. The van der Waals surface area contributed by atoms with Gasteiger partial charge in [0.25, 0.3) is 0 Å². The first kappa shape index (κ1) is 6.05. The van der Waals surface area contributed by atoms with Crippen LogP contribution in [0.5, 0.6) is 0 Å². The van der Waals surface area contributed by atoms with E-state index in [4.69, 9.17) is 10.5 Å². The molecule has 1 fully saturated rings. The summed E-state index contributed by atoms with van der Waals surface area (Å²) in [4.78, 5) is 0. The molecule has 0 aromatic carbocycles. The summed E-state index contributed by atoms with van der Waals surface area (Å²) >= 11 is 0. The van der Waals surface area contributed by atoms with Crippen LogP contribution < -0.4 is 5.73 Å². The molecule has 2 atom stereocenters. The molecule has 0 radical (unpaired) electrons. The third-order valence-corrected chi connectivity index (χ3v) is 1.77. The molecule has 48 valence electrons. The van der Waals surface area contributed by atoms with Crippen molar-refractivity contribution < 1.29 is 4.74 Å². The van der Waals surface area contributed by atoms with Gasteiger partial charge in [-0.05, 0) is 12.3 Å². The Morgan fingerprint density at radius 1 is 1.62 bits per heavy atom.